The summed E-state index contributed by atoms with van der Waals surface area (Å²) in [5, 5.41) is 0. The summed E-state index contributed by atoms with van der Waals surface area (Å²) in [7, 11) is 1.59. The Hall–Kier alpha value is -1.39. The van der Waals surface area contributed by atoms with Gasteiger partial charge in [0, 0.05) is 26.7 Å². The molecule has 0 aliphatic heterocycles. The smallest absolute Gasteiger partial charge is 0.254 e. The van der Waals surface area contributed by atoms with Crippen LogP contribution in [-0.2, 0) is 22.6 Å². The van der Waals surface area contributed by atoms with Gasteiger partial charge in [-0.05, 0) is 31.4 Å². The number of hydrogen-bond donors (Lipinski definition) is 1. The van der Waals surface area contributed by atoms with Crippen molar-refractivity contribution in [1.82, 2.24) is 4.90 Å². The fourth-order valence-electron chi connectivity index (χ4n) is 2.16. The molecule has 0 saturated carbocycles. The number of ether oxygens (including phenoxy) is 1. The molecule has 0 saturated heterocycles. The second-order valence-corrected chi connectivity index (χ2v) is 5.08. The summed E-state index contributed by atoms with van der Waals surface area (Å²) in [6.45, 7) is 7.49. The number of nitrogens with two attached hydrogens (primary N) is 1. The van der Waals surface area contributed by atoms with Crippen LogP contribution in [0.25, 0.3) is 0 Å². The average molecular weight is 278 g/mol. The number of carbonyl (C=O) groups is 1. The van der Waals surface area contributed by atoms with E-state index in [1.165, 1.54) is 0 Å². The second kappa shape index (κ2) is 7.41. The molecule has 0 aliphatic carbocycles. The largest absolute Gasteiger partial charge is 0.369 e. The van der Waals surface area contributed by atoms with E-state index in [4.69, 9.17) is 10.5 Å². The zero-order chi connectivity index (χ0) is 15.2. The molecule has 20 heavy (non-hydrogen) atoms. The lowest BCUT2D eigenvalue weighted by Gasteiger charge is -2.32. The fourth-order valence-corrected chi connectivity index (χ4v) is 2.16. The molecule has 1 aromatic rings. The first-order valence-electron chi connectivity index (χ1n) is 7.13. The maximum atomic E-state index is 12.6. The van der Waals surface area contributed by atoms with Gasteiger partial charge in [-0.1, -0.05) is 31.2 Å². The summed E-state index contributed by atoms with van der Waals surface area (Å²) in [5.41, 5.74) is 7.17. The van der Waals surface area contributed by atoms with Crippen molar-refractivity contribution in [1.29, 1.82) is 0 Å². The fraction of sp³-hybridized carbons (Fsp3) is 0.562. The monoisotopic (exact) mass is 278 g/mol. The van der Waals surface area contributed by atoms with Crippen molar-refractivity contribution in [2.24, 2.45) is 5.73 Å². The predicted octanol–water partition coefficient (Wildman–Crippen LogP) is 2.31. The third-order valence-electron chi connectivity index (χ3n) is 3.95. The lowest BCUT2D eigenvalue weighted by Crippen LogP contribution is -2.47. The van der Waals surface area contributed by atoms with E-state index in [-0.39, 0.29) is 5.91 Å². The Labute approximate surface area is 121 Å². The molecular formula is C16H26N2O2. The number of hydrogen-bond acceptors (Lipinski definition) is 3. The van der Waals surface area contributed by atoms with E-state index in [0.717, 1.165) is 11.1 Å². The van der Waals surface area contributed by atoms with Gasteiger partial charge in [-0.3, -0.25) is 4.79 Å². The van der Waals surface area contributed by atoms with Crippen LogP contribution < -0.4 is 5.73 Å². The van der Waals surface area contributed by atoms with Crippen LogP contribution in [0.4, 0.5) is 0 Å². The highest BCUT2D eigenvalue weighted by Gasteiger charge is 2.34. The van der Waals surface area contributed by atoms with Gasteiger partial charge in [0.15, 0.2) is 0 Å². The Morgan fingerprint density at radius 2 is 1.90 bits per heavy atom. The molecule has 112 valence electrons. The van der Waals surface area contributed by atoms with E-state index >= 15 is 0 Å². The van der Waals surface area contributed by atoms with Crippen LogP contribution in [0.5, 0.6) is 0 Å². The third-order valence-corrected chi connectivity index (χ3v) is 3.95. The number of benzene rings is 1. The van der Waals surface area contributed by atoms with Gasteiger partial charge in [-0.15, -0.1) is 0 Å². The van der Waals surface area contributed by atoms with Gasteiger partial charge in [0.2, 0.25) is 0 Å². The molecule has 1 unspecified atom stereocenters. The molecule has 0 radical (unpaired) electrons. The van der Waals surface area contributed by atoms with Crippen LogP contribution in [0.2, 0.25) is 0 Å². The van der Waals surface area contributed by atoms with E-state index < -0.39 is 5.60 Å². The highest BCUT2D eigenvalue weighted by molar-refractivity contribution is 5.84. The third kappa shape index (κ3) is 3.58. The molecule has 2 N–H and O–H groups in total. The van der Waals surface area contributed by atoms with Crippen LogP contribution in [0.3, 0.4) is 0 Å². The quantitative estimate of drug-likeness (QED) is 0.832. The van der Waals surface area contributed by atoms with Crippen molar-refractivity contribution < 1.29 is 9.53 Å². The maximum absolute atomic E-state index is 12.6. The summed E-state index contributed by atoms with van der Waals surface area (Å²) < 4.78 is 5.41. The number of nitrogens with zero attached hydrogens (tertiary/aromatic N) is 1. The second-order valence-electron chi connectivity index (χ2n) is 5.08. The summed E-state index contributed by atoms with van der Waals surface area (Å²) in [6, 6.07) is 7.97. The summed E-state index contributed by atoms with van der Waals surface area (Å²) in [4.78, 5) is 14.5. The summed E-state index contributed by atoms with van der Waals surface area (Å²) in [5.74, 6) is 0.0248. The minimum absolute atomic E-state index is 0.0248. The van der Waals surface area contributed by atoms with Crippen molar-refractivity contribution in [3.63, 3.8) is 0 Å². The van der Waals surface area contributed by atoms with Crippen molar-refractivity contribution in [2.75, 3.05) is 13.7 Å². The van der Waals surface area contributed by atoms with Crippen LogP contribution in [0.15, 0.2) is 24.3 Å². The standard InChI is InChI=1S/C16H26N2O2/c1-5-16(3,20-4)15(19)18(6-2)12-14-10-8-7-9-13(14)11-17/h7-10H,5-6,11-12,17H2,1-4H3. The molecule has 1 rings (SSSR count). The van der Waals surface area contributed by atoms with Gasteiger partial charge < -0.3 is 15.4 Å². The first-order valence-corrected chi connectivity index (χ1v) is 7.13. The van der Waals surface area contributed by atoms with Gasteiger partial charge >= 0.3 is 0 Å². The van der Waals surface area contributed by atoms with Crippen molar-refractivity contribution in [3.8, 4) is 0 Å². The Morgan fingerprint density at radius 1 is 1.30 bits per heavy atom. The molecule has 0 bridgehead atoms. The van der Waals surface area contributed by atoms with Crippen molar-refractivity contribution in [2.45, 2.75) is 45.9 Å². The zero-order valence-corrected chi connectivity index (χ0v) is 13.0. The summed E-state index contributed by atoms with van der Waals surface area (Å²) in [6.07, 6.45) is 0.650. The molecule has 0 heterocycles. The van der Waals surface area contributed by atoms with E-state index in [1.54, 1.807) is 7.11 Å². The van der Waals surface area contributed by atoms with E-state index in [2.05, 4.69) is 0 Å². The van der Waals surface area contributed by atoms with Gasteiger partial charge in [0.05, 0.1) is 0 Å². The van der Waals surface area contributed by atoms with Crippen LogP contribution in [-0.4, -0.2) is 30.1 Å². The first-order chi connectivity index (χ1) is 9.52. The number of amides is 1. The first kappa shape index (κ1) is 16.7. The van der Waals surface area contributed by atoms with Gasteiger partial charge in [-0.25, -0.2) is 0 Å². The molecule has 0 fully saturated rings. The van der Waals surface area contributed by atoms with Gasteiger partial charge in [0.25, 0.3) is 5.91 Å². The number of likely N-dealkylation sites (N-methyl/N-ethyl adjacent to an activating group) is 1. The lowest BCUT2D eigenvalue weighted by atomic mass is 10.00. The van der Waals surface area contributed by atoms with E-state index in [9.17, 15) is 4.79 Å². The summed E-state index contributed by atoms with van der Waals surface area (Å²) >= 11 is 0. The van der Waals surface area contributed by atoms with Crippen molar-refractivity contribution >= 4 is 5.91 Å². The molecule has 0 spiro atoms. The molecule has 4 heteroatoms. The minimum Gasteiger partial charge on any atom is -0.369 e. The van der Waals surface area contributed by atoms with E-state index in [0.29, 0.717) is 26.1 Å². The SMILES string of the molecule is CCN(Cc1ccccc1CN)C(=O)C(C)(CC)OC. The zero-order valence-electron chi connectivity index (χ0n) is 13.0. The highest BCUT2D eigenvalue weighted by Crippen LogP contribution is 2.20. The Kier molecular flexibility index (Phi) is 6.17. The van der Waals surface area contributed by atoms with Crippen LogP contribution >= 0.6 is 0 Å². The maximum Gasteiger partial charge on any atom is 0.254 e. The Balaban J connectivity index is 2.95. The van der Waals surface area contributed by atoms with Gasteiger partial charge in [0.1, 0.15) is 5.60 Å². The molecule has 4 nitrogen and oxygen atoms in total. The minimum atomic E-state index is -0.756. The van der Waals surface area contributed by atoms with Crippen molar-refractivity contribution in [3.05, 3.63) is 35.4 Å². The highest BCUT2D eigenvalue weighted by atomic mass is 16.5. The Morgan fingerprint density at radius 3 is 2.35 bits per heavy atom. The Bertz CT molecular complexity index is 442. The molecular weight excluding hydrogens is 252 g/mol. The molecule has 1 aromatic carbocycles. The molecule has 1 atom stereocenters. The normalized spacial score (nSPS) is 13.8. The van der Waals surface area contributed by atoms with Crippen LogP contribution in [0, 0.1) is 0 Å². The van der Waals surface area contributed by atoms with Crippen LogP contribution in [0.1, 0.15) is 38.3 Å². The number of rotatable bonds is 7. The predicted molar refractivity (Wildman–Crippen MR) is 81.1 cm³/mol. The van der Waals surface area contributed by atoms with Gasteiger partial charge in [-0.2, -0.15) is 0 Å². The molecule has 0 aromatic heterocycles. The number of carbonyl (C=O) groups excluding carboxylic acids is 1. The topological polar surface area (TPSA) is 55.6 Å². The average Bonchev–Trinajstić information content (AvgIpc) is 2.51. The van der Waals surface area contributed by atoms with E-state index in [1.807, 2.05) is 49.9 Å². The molecule has 0 aliphatic rings. The number of methoxy groups -OCH3 is 1. The lowest BCUT2D eigenvalue weighted by molar-refractivity contribution is -0.153. The molecule has 1 amide bonds.